The summed E-state index contributed by atoms with van der Waals surface area (Å²) in [6.07, 6.45) is 1.73. The van der Waals surface area contributed by atoms with Gasteiger partial charge in [-0.1, -0.05) is 42.0 Å². The Labute approximate surface area is 178 Å². The van der Waals surface area contributed by atoms with E-state index in [9.17, 15) is 9.59 Å². The summed E-state index contributed by atoms with van der Waals surface area (Å²) in [6.45, 7) is 5.65. The zero-order valence-electron chi connectivity index (χ0n) is 18.0. The van der Waals surface area contributed by atoms with Crippen LogP contribution >= 0.6 is 0 Å². The number of ether oxygens (including phenoxy) is 1. The minimum absolute atomic E-state index is 0.0824. The van der Waals surface area contributed by atoms with Crippen molar-refractivity contribution in [2.75, 3.05) is 32.1 Å². The van der Waals surface area contributed by atoms with Crippen LogP contribution in [0.2, 0.25) is 0 Å². The van der Waals surface area contributed by atoms with Gasteiger partial charge in [0.15, 0.2) is 0 Å². The fraction of sp³-hybridized carbons (Fsp3) is 0.417. The molecule has 0 aromatic heterocycles. The highest BCUT2D eigenvalue weighted by Gasteiger charge is 2.40. The van der Waals surface area contributed by atoms with Crippen LogP contribution in [0.15, 0.2) is 48.5 Å². The SMILES string of the molecule is COCCC1(NC(=O)Nc2cccc(C)c2)CCN(C(=O)Cc2ccc(C)cc2)C1. The first-order chi connectivity index (χ1) is 14.4. The summed E-state index contributed by atoms with van der Waals surface area (Å²) in [7, 11) is 1.65. The third-order valence-corrected chi connectivity index (χ3v) is 5.62. The standard InChI is InChI=1S/C24H31N3O3/c1-18-7-9-20(10-8-18)16-22(28)27-13-11-24(17-27,12-14-30-3)26-23(29)25-21-6-4-5-19(2)15-21/h4-10,15H,11-14,16-17H2,1-3H3,(H2,25,26,29). The first-order valence-electron chi connectivity index (χ1n) is 10.4. The van der Waals surface area contributed by atoms with E-state index in [1.165, 1.54) is 5.56 Å². The Morgan fingerprint density at radius 2 is 1.87 bits per heavy atom. The maximum absolute atomic E-state index is 12.8. The van der Waals surface area contributed by atoms with Crippen LogP contribution in [0, 0.1) is 13.8 Å². The maximum Gasteiger partial charge on any atom is 0.319 e. The van der Waals surface area contributed by atoms with E-state index < -0.39 is 5.54 Å². The van der Waals surface area contributed by atoms with E-state index in [0.29, 0.717) is 39.0 Å². The number of benzene rings is 2. The third kappa shape index (κ3) is 5.83. The van der Waals surface area contributed by atoms with Gasteiger partial charge in [-0.15, -0.1) is 0 Å². The van der Waals surface area contributed by atoms with Gasteiger partial charge in [-0.05, 0) is 49.9 Å². The van der Waals surface area contributed by atoms with Crippen LogP contribution in [-0.4, -0.2) is 49.2 Å². The Hall–Kier alpha value is -2.86. The van der Waals surface area contributed by atoms with E-state index in [4.69, 9.17) is 4.74 Å². The maximum atomic E-state index is 12.8. The molecule has 0 saturated carbocycles. The average Bonchev–Trinajstić information content (AvgIpc) is 3.12. The number of methoxy groups -OCH3 is 1. The number of carbonyl (C=O) groups excluding carboxylic acids is 2. The summed E-state index contributed by atoms with van der Waals surface area (Å²) in [5, 5.41) is 6.03. The average molecular weight is 410 g/mol. The molecule has 1 aliphatic rings. The first kappa shape index (κ1) is 21.8. The molecule has 2 N–H and O–H groups in total. The minimum Gasteiger partial charge on any atom is -0.385 e. The van der Waals surface area contributed by atoms with Crippen molar-refractivity contribution in [1.82, 2.24) is 10.2 Å². The number of rotatable bonds is 7. The van der Waals surface area contributed by atoms with Crippen molar-refractivity contribution in [1.29, 1.82) is 0 Å². The molecule has 0 spiro atoms. The normalized spacial score (nSPS) is 18.3. The second kappa shape index (κ2) is 9.76. The molecular weight excluding hydrogens is 378 g/mol. The molecule has 1 aliphatic heterocycles. The van der Waals surface area contributed by atoms with Gasteiger partial charge in [0.25, 0.3) is 0 Å². The summed E-state index contributed by atoms with van der Waals surface area (Å²) in [6, 6.07) is 15.5. The molecule has 0 bridgehead atoms. The lowest BCUT2D eigenvalue weighted by Crippen LogP contribution is -2.53. The molecule has 2 aromatic carbocycles. The molecule has 160 valence electrons. The molecule has 3 amide bonds. The summed E-state index contributed by atoms with van der Waals surface area (Å²) in [5.74, 6) is 0.0824. The number of nitrogens with one attached hydrogen (secondary N) is 2. The van der Waals surface area contributed by atoms with E-state index in [1.54, 1.807) is 7.11 Å². The molecule has 1 unspecified atom stereocenters. The van der Waals surface area contributed by atoms with Crippen molar-refractivity contribution >= 4 is 17.6 Å². The summed E-state index contributed by atoms with van der Waals surface area (Å²) in [5.41, 5.74) is 3.52. The van der Waals surface area contributed by atoms with Gasteiger partial charge in [-0.25, -0.2) is 4.79 Å². The molecule has 30 heavy (non-hydrogen) atoms. The van der Waals surface area contributed by atoms with E-state index >= 15 is 0 Å². The van der Waals surface area contributed by atoms with Gasteiger partial charge in [-0.3, -0.25) is 4.79 Å². The first-order valence-corrected chi connectivity index (χ1v) is 10.4. The third-order valence-electron chi connectivity index (χ3n) is 5.62. The number of nitrogens with zero attached hydrogens (tertiary/aromatic N) is 1. The van der Waals surface area contributed by atoms with Gasteiger partial charge < -0.3 is 20.3 Å². The van der Waals surface area contributed by atoms with E-state index in [1.807, 2.05) is 67.3 Å². The predicted molar refractivity (Wildman–Crippen MR) is 119 cm³/mol. The van der Waals surface area contributed by atoms with Crippen LogP contribution in [-0.2, 0) is 16.0 Å². The van der Waals surface area contributed by atoms with Crippen LogP contribution in [0.5, 0.6) is 0 Å². The Morgan fingerprint density at radius 3 is 2.57 bits per heavy atom. The topological polar surface area (TPSA) is 70.7 Å². The lowest BCUT2D eigenvalue weighted by molar-refractivity contribution is -0.129. The lowest BCUT2D eigenvalue weighted by Gasteiger charge is -2.30. The Bertz CT molecular complexity index is 882. The number of anilines is 1. The van der Waals surface area contributed by atoms with Crippen LogP contribution < -0.4 is 10.6 Å². The van der Waals surface area contributed by atoms with E-state index in [-0.39, 0.29) is 11.9 Å². The van der Waals surface area contributed by atoms with Crippen molar-refractivity contribution in [2.45, 2.75) is 38.6 Å². The number of hydrogen-bond donors (Lipinski definition) is 2. The molecule has 2 aromatic rings. The van der Waals surface area contributed by atoms with Crippen LogP contribution in [0.3, 0.4) is 0 Å². The fourth-order valence-corrected chi connectivity index (χ4v) is 3.87. The molecule has 1 heterocycles. The minimum atomic E-state index is -0.493. The molecule has 1 fully saturated rings. The summed E-state index contributed by atoms with van der Waals surface area (Å²) < 4.78 is 5.27. The van der Waals surface area contributed by atoms with Gasteiger partial charge in [0.2, 0.25) is 5.91 Å². The van der Waals surface area contributed by atoms with Crippen molar-refractivity contribution in [2.24, 2.45) is 0 Å². The monoisotopic (exact) mass is 409 g/mol. The van der Waals surface area contributed by atoms with Gasteiger partial charge in [0, 0.05) is 32.5 Å². The zero-order valence-corrected chi connectivity index (χ0v) is 18.0. The van der Waals surface area contributed by atoms with Crippen molar-refractivity contribution in [3.8, 4) is 0 Å². The molecule has 0 radical (unpaired) electrons. The van der Waals surface area contributed by atoms with Crippen LogP contribution in [0.25, 0.3) is 0 Å². The highest BCUT2D eigenvalue weighted by molar-refractivity contribution is 5.90. The number of likely N-dealkylation sites (tertiary alicyclic amines) is 1. The summed E-state index contributed by atoms with van der Waals surface area (Å²) in [4.78, 5) is 27.4. The lowest BCUT2D eigenvalue weighted by atomic mass is 9.94. The smallest absolute Gasteiger partial charge is 0.319 e. The molecule has 3 rings (SSSR count). The van der Waals surface area contributed by atoms with Crippen LogP contribution in [0.4, 0.5) is 10.5 Å². The Kier molecular flexibility index (Phi) is 7.11. The fourth-order valence-electron chi connectivity index (χ4n) is 3.87. The van der Waals surface area contributed by atoms with Crippen molar-refractivity contribution < 1.29 is 14.3 Å². The quantitative estimate of drug-likeness (QED) is 0.733. The largest absolute Gasteiger partial charge is 0.385 e. The van der Waals surface area contributed by atoms with E-state index in [0.717, 1.165) is 16.8 Å². The van der Waals surface area contributed by atoms with Crippen molar-refractivity contribution in [3.05, 3.63) is 65.2 Å². The number of hydrogen-bond acceptors (Lipinski definition) is 3. The van der Waals surface area contributed by atoms with Crippen molar-refractivity contribution in [3.63, 3.8) is 0 Å². The zero-order chi connectivity index (χ0) is 21.6. The number of urea groups is 1. The highest BCUT2D eigenvalue weighted by atomic mass is 16.5. The molecule has 1 saturated heterocycles. The Balaban J connectivity index is 1.63. The summed E-state index contributed by atoms with van der Waals surface area (Å²) >= 11 is 0. The van der Waals surface area contributed by atoms with E-state index in [2.05, 4.69) is 10.6 Å². The molecular formula is C24H31N3O3. The van der Waals surface area contributed by atoms with Gasteiger partial charge in [0.1, 0.15) is 0 Å². The van der Waals surface area contributed by atoms with Gasteiger partial charge >= 0.3 is 6.03 Å². The molecule has 0 aliphatic carbocycles. The second-order valence-electron chi connectivity index (χ2n) is 8.20. The molecule has 6 nitrogen and oxygen atoms in total. The number of aryl methyl sites for hydroxylation is 2. The number of amides is 3. The number of carbonyl (C=O) groups is 2. The van der Waals surface area contributed by atoms with Gasteiger partial charge in [0.05, 0.1) is 12.0 Å². The Morgan fingerprint density at radius 1 is 1.10 bits per heavy atom. The predicted octanol–water partition coefficient (Wildman–Crippen LogP) is 3.68. The van der Waals surface area contributed by atoms with Gasteiger partial charge in [-0.2, -0.15) is 0 Å². The van der Waals surface area contributed by atoms with Crippen LogP contribution in [0.1, 0.15) is 29.5 Å². The molecule has 6 heteroatoms. The highest BCUT2D eigenvalue weighted by Crippen LogP contribution is 2.26. The molecule has 1 atom stereocenters. The second-order valence-corrected chi connectivity index (χ2v) is 8.20.